The van der Waals surface area contributed by atoms with Gasteiger partial charge in [0.25, 0.3) is 5.91 Å². The second-order valence-electron chi connectivity index (χ2n) is 6.28. The van der Waals surface area contributed by atoms with Gasteiger partial charge in [0.15, 0.2) is 12.9 Å². The van der Waals surface area contributed by atoms with Crippen LogP contribution in [0.3, 0.4) is 0 Å². The van der Waals surface area contributed by atoms with Crippen LogP contribution in [0, 0.1) is 0 Å². The van der Waals surface area contributed by atoms with Gasteiger partial charge < -0.3 is 24.3 Å². The van der Waals surface area contributed by atoms with Gasteiger partial charge in [-0.05, 0) is 50.2 Å². The standard InChI is InChI=1S/C21H22Cl2F3NO5/c1-3-29-20(30-4-2)12-32-18-8-6-14(10-16(18)23)27-19(28)11-31-17-7-5-13(9-15(17)22)21(24,25)26/h5-10,20H,3-4,11-12H2,1-2H3,(H,27,28). The van der Waals surface area contributed by atoms with Crippen LogP contribution in [0.25, 0.3) is 0 Å². The lowest BCUT2D eigenvalue weighted by atomic mass is 10.2. The number of amides is 1. The third kappa shape index (κ3) is 8.05. The summed E-state index contributed by atoms with van der Waals surface area (Å²) in [5.41, 5.74) is -0.536. The first-order valence-corrected chi connectivity index (χ1v) is 10.3. The highest BCUT2D eigenvalue weighted by atomic mass is 35.5. The van der Waals surface area contributed by atoms with Crippen molar-refractivity contribution < 1.29 is 36.9 Å². The van der Waals surface area contributed by atoms with E-state index in [-0.39, 0.29) is 22.4 Å². The van der Waals surface area contributed by atoms with Gasteiger partial charge in [0.1, 0.15) is 18.1 Å². The minimum absolute atomic E-state index is 0.0465. The molecule has 0 aliphatic rings. The molecule has 2 aromatic rings. The summed E-state index contributed by atoms with van der Waals surface area (Å²) < 4.78 is 59.6. The molecule has 0 radical (unpaired) electrons. The van der Waals surface area contributed by atoms with Gasteiger partial charge >= 0.3 is 6.18 Å². The Labute approximate surface area is 193 Å². The third-order valence-electron chi connectivity index (χ3n) is 3.91. The van der Waals surface area contributed by atoms with Crippen molar-refractivity contribution >= 4 is 34.8 Å². The van der Waals surface area contributed by atoms with Crippen LogP contribution in [0.4, 0.5) is 18.9 Å². The molecule has 6 nitrogen and oxygen atoms in total. The summed E-state index contributed by atoms with van der Waals surface area (Å²) in [6.07, 6.45) is -5.06. The maximum Gasteiger partial charge on any atom is 0.416 e. The quantitative estimate of drug-likeness (QED) is 0.398. The van der Waals surface area contributed by atoms with Gasteiger partial charge in [-0.2, -0.15) is 13.2 Å². The van der Waals surface area contributed by atoms with Crippen LogP contribution in [-0.4, -0.2) is 38.6 Å². The normalized spacial score (nSPS) is 11.5. The van der Waals surface area contributed by atoms with Crippen LogP contribution in [0.5, 0.6) is 11.5 Å². The number of hydrogen-bond acceptors (Lipinski definition) is 5. The van der Waals surface area contributed by atoms with Gasteiger partial charge in [0.2, 0.25) is 0 Å². The van der Waals surface area contributed by atoms with Gasteiger partial charge in [-0.3, -0.25) is 4.79 Å². The smallest absolute Gasteiger partial charge is 0.416 e. The Hall–Kier alpha value is -2.20. The molecule has 0 aliphatic heterocycles. The van der Waals surface area contributed by atoms with E-state index in [0.29, 0.717) is 24.7 Å². The lowest BCUT2D eigenvalue weighted by Gasteiger charge is -2.18. The first-order chi connectivity index (χ1) is 15.1. The average Bonchev–Trinajstić information content (AvgIpc) is 2.71. The SMILES string of the molecule is CCOC(COc1ccc(NC(=O)COc2ccc(C(F)(F)F)cc2Cl)cc1Cl)OCC. The van der Waals surface area contributed by atoms with Crippen molar-refractivity contribution in [2.75, 3.05) is 31.7 Å². The van der Waals surface area contributed by atoms with Gasteiger partial charge in [-0.15, -0.1) is 0 Å². The molecule has 2 aromatic carbocycles. The molecule has 32 heavy (non-hydrogen) atoms. The highest BCUT2D eigenvalue weighted by molar-refractivity contribution is 6.32. The Kier molecular flexibility index (Phi) is 9.89. The van der Waals surface area contributed by atoms with Crippen LogP contribution in [-0.2, 0) is 20.4 Å². The number of anilines is 1. The highest BCUT2D eigenvalue weighted by Crippen LogP contribution is 2.34. The molecule has 0 bridgehead atoms. The van der Waals surface area contributed by atoms with Gasteiger partial charge in [0, 0.05) is 18.9 Å². The Bertz CT molecular complexity index is 905. The molecular weight excluding hydrogens is 474 g/mol. The number of benzene rings is 2. The van der Waals surface area contributed by atoms with Crippen molar-refractivity contribution in [2.45, 2.75) is 26.3 Å². The minimum Gasteiger partial charge on any atom is -0.487 e. The van der Waals surface area contributed by atoms with E-state index in [0.717, 1.165) is 18.2 Å². The summed E-state index contributed by atoms with van der Waals surface area (Å²) >= 11 is 12.0. The molecule has 0 saturated carbocycles. The number of carbonyl (C=O) groups excluding carboxylic acids is 1. The van der Waals surface area contributed by atoms with Crippen molar-refractivity contribution in [1.82, 2.24) is 0 Å². The van der Waals surface area contributed by atoms with Gasteiger partial charge in [-0.25, -0.2) is 0 Å². The van der Waals surface area contributed by atoms with Crippen molar-refractivity contribution in [1.29, 1.82) is 0 Å². The fraction of sp³-hybridized carbons (Fsp3) is 0.381. The molecule has 0 aromatic heterocycles. The number of ether oxygens (including phenoxy) is 4. The number of carbonyl (C=O) groups is 1. The molecule has 176 valence electrons. The van der Waals surface area contributed by atoms with E-state index in [1.165, 1.54) is 6.07 Å². The number of halogens is 5. The molecule has 0 unspecified atom stereocenters. The van der Waals surface area contributed by atoms with Crippen molar-refractivity contribution in [3.8, 4) is 11.5 Å². The summed E-state index contributed by atoms with van der Waals surface area (Å²) in [5, 5.41) is 2.56. The predicted octanol–water partition coefficient (Wildman–Crippen LogP) is 5.81. The molecule has 11 heteroatoms. The monoisotopic (exact) mass is 495 g/mol. The van der Waals surface area contributed by atoms with Crippen molar-refractivity contribution in [2.24, 2.45) is 0 Å². The number of nitrogens with one attached hydrogen (secondary N) is 1. The molecule has 2 rings (SSSR count). The van der Waals surface area contributed by atoms with Crippen LogP contribution in [0.1, 0.15) is 19.4 Å². The molecule has 0 spiro atoms. The summed E-state index contributed by atoms with van der Waals surface area (Å²) in [5.74, 6) is -0.227. The van der Waals surface area contributed by atoms with Gasteiger partial charge in [-0.1, -0.05) is 23.2 Å². The Balaban J connectivity index is 1.90. The fourth-order valence-corrected chi connectivity index (χ4v) is 2.97. The fourth-order valence-electron chi connectivity index (χ4n) is 2.50. The van der Waals surface area contributed by atoms with E-state index in [2.05, 4.69) is 5.32 Å². The molecule has 0 aliphatic carbocycles. The second-order valence-corrected chi connectivity index (χ2v) is 7.09. The molecule has 1 amide bonds. The van der Waals surface area contributed by atoms with E-state index in [4.69, 9.17) is 42.1 Å². The highest BCUT2D eigenvalue weighted by Gasteiger charge is 2.31. The zero-order valence-electron chi connectivity index (χ0n) is 17.3. The van der Waals surface area contributed by atoms with Crippen LogP contribution in [0.2, 0.25) is 10.0 Å². The van der Waals surface area contributed by atoms with E-state index < -0.39 is 30.5 Å². The first kappa shape index (κ1) is 26.1. The van der Waals surface area contributed by atoms with E-state index in [9.17, 15) is 18.0 Å². The molecule has 0 fully saturated rings. The van der Waals surface area contributed by atoms with E-state index >= 15 is 0 Å². The van der Waals surface area contributed by atoms with Crippen LogP contribution >= 0.6 is 23.2 Å². The zero-order valence-corrected chi connectivity index (χ0v) is 18.8. The first-order valence-electron chi connectivity index (χ1n) is 9.59. The van der Waals surface area contributed by atoms with E-state index in [1.807, 2.05) is 13.8 Å². The molecular formula is C21H22Cl2F3NO5. The van der Waals surface area contributed by atoms with E-state index in [1.54, 1.807) is 12.1 Å². The molecule has 0 atom stereocenters. The maximum absolute atomic E-state index is 12.7. The van der Waals surface area contributed by atoms with Crippen molar-refractivity contribution in [3.05, 3.63) is 52.0 Å². The van der Waals surface area contributed by atoms with Crippen LogP contribution < -0.4 is 14.8 Å². The lowest BCUT2D eigenvalue weighted by molar-refractivity contribution is -0.152. The second kappa shape index (κ2) is 12.2. The Morgan fingerprint density at radius 2 is 1.56 bits per heavy atom. The molecule has 1 N–H and O–H groups in total. The lowest BCUT2D eigenvalue weighted by Crippen LogP contribution is -2.25. The predicted molar refractivity (Wildman–Crippen MR) is 115 cm³/mol. The summed E-state index contributed by atoms with van der Waals surface area (Å²) in [7, 11) is 0. The summed E-state index contributed by atoms with van der Waals surface area (Å²) in [6, 6.07) is 7.23. The average molecular weight is 496 g/mol. The summed E-state index contributed by atoms with van der Waals surface area (Å²) in [6.45, 7) is 4.27. The maximum atomic E-state index is 12.7. The van der Waals surface area contributed by atoms with Crippen molar-refractivity contribution in [3.63, 3.8) is 0 Å². The number of alkyl halides is 3. The number of rotatable bonds is 11. The number of hydrogen-bond donors (Lipinski definition) is 1. The topological polar surface area (TPSA) is 66.0 Å². The third-order valence-corrected chi connectivity index (χ3v) is 4.50. The largest absolute Gasteiger partial charge is 0.487 e. The van der Waals surface area contributed by atoms with Crippen LogP contribution in [0.15, 0.2) is 36.4 Å². The molecule has 0 heterocycles. The Morgan fingerprint density at radius 1 is 0.969 bits per heavy atom. The zero-order chi connectivity index (χ0) is 23.7. The molecule has 0 saturated heterocycles. The minimum atomic E-state index is -4.53. The Morgan fingerprint density at radius 3 is 2.12 bits per heavy atom. The summed E-state index contributed by atoms with van der Waals surface area (Å²) in [4.78, 5) is 12.1. The van der Waals surface area contributed by atoms with Gasteiger partial charge in [0.05, 0.1) is 15.6 Å².